The fourth-order valence-corrected chi connectivity index (χ4v) is 2.80. The Morgan fingerprint density at radius 2 is 2.00 bits per heavy atom. The van der Waals surface area contributed by atoms with Crippen molar-refractivity contribution in [2.45, 2.75) is 5.22 Å². The lowest BCUT2D eigenvalue weighted by molar-refractivity contribution is -0.131. The van der Waals surface area contributed by atoms with E-state index in [1.165, 1.54) is 12.1 Å². The molecule has 1 aromatic heterocycles. The van der Waals surface area contributed by atoms with Crippen molar-refractivity contribution in [3.05, 3.63) is 57.8 Å². The van der Waals surface area contributed by atoms with Crippen LogP contribution in [-0.2, 0) is 4.79 Å². The van der Waals surface area contributed by atoms with Crippen LogP contribution in [0.15, 0.2) is 56.6 Å². The normalized spacial score (nSPS) is 10.7. The third-order valence-corrected chi connectivity index (χ3v) is 4.47. The average Bonchev–Trinajstić information content (AvgIpc) is 3.05. The summed E-state index contributed by atoms with van der Waals surface area (Å²) >= 11 is 9.96. The van der Waals surface area contributed by atoms with E-state index in [2.05, 4.69) is 26.1 Å². The third kappa shape index (κ3) is 4.81. The minimum absolute atomic E-state index is 0.0994. The number of benzene rings is 2. The quantitative estimate of drug-likeness (QED) is 0.314. The second-order valence-electron chi connectivity index (χ2n) is 4.72. The van der Waals surface area contributed by atoms with Gasteiger partial charge in [0.1, 0.15) is 5.75 Å². The zero-order chi connectivity index (χ0) is 17.8. The minimum Gasteiger partial charge on any atom is -0.423 e. The molecule has 1 heterocycles. The van der Waals surface area contributed by atoms with E-state index in [4.69, 9.17) is 20.8 Å². The number of hydrogen-bond acceptors (Lipinski definition) is 6. The molecule has 0 saturated carbocycles. The van der Waals surface area contributed by atoms with E-state index < -0.39 is 11.8 Å². The molecule has 0 aliphatic heterocycles. The van der Waals surface area contributed by atoms with Crippen LogP contribution in [0.3, 0.4) is 0 Å². The summed E-state index contributed by atoms with van der Waals surface area (Å²) in [7, 11) is 0. The second kappa shape index (κ2) is 7.99. The van der Waals surface area contributed by atoms with Crippen LogP contribution in [0.25, 0.3) is 11.5 Å². The molecule has 3 aromatic rings. The number of esters is 1. The first-order chi connectivity index (χ1) is 12.0. The highest BCUT2D eigenvalue weighted by atomic mass is 79.9. The van der Waals surface area contributed by atoms with Crippen LogP contribution in [0.5, 0.6) is 5.75 Å². The second-order valence-corrected chi connectivity index (χ2v) is 7.00. The number of carbonyl (C=O) groups excluding carboxylic acids is 1. The molecule has 0 atom stereocenters. The van der Waals surface area contributed by atoms with Crippen LogP contribution < -0.4 is 4.74 Å². The molecular formula is C16H9BrClFN2O3S. The Balaban J connectivity index is 1.58. The number of halogens is 3. The topological polar surface area (TPSA) is 65.2 Å². The van der Waals surface area contributed by atoms with Crippen molar-refractivity contribution in [3.8, 4) is 17.2 Å². The molecule has 0 fully saturated rings. The van der Waals surface area contributed by atoms with Crippen LogP contribution in [0.1, 0.15) is 0 Å². The van der Waals surface area contributed by atoms with Crippen LogP contribution >= 0.6 is 39.3 Å². The maximum Gasteiger partial charge on any atom is 0.321 e. The number of ether oxygens (including phenoxy) is 1. The summed E-state index contributed by atoms with van der Waals surface area (Å²) in [5.74, 6) is -1.18. The first kappa shape index (κ1) is 17.9. The zero-order valence-electron chi connectivity index (χ0n) is 12.4. The van der Waals surface area contributed by atoms with E-state index in [0.29, 0.717) is 20.9 Å². The molecule has 0 amide bonds. The van der Waals surface area contributed by atoms with E-state index >= 15 is 0 Å². The predicted octanol–water partition coefficient (Wildman–Crippen LogP) is 4.99. The van der Waals surface area contributed by atoms with Gasteiger partial charge < -0.3 is 9.15 Å². The summed E-state index contributed by atoms with van der Waals surface area (Å²) < 4.78 is 24.6. The summed E-state index contributed by atoms with van der Waals surface area (Å²) in [5, 5.41) is 8.56. The van der Waals surface area contributed by atoms with Crippen LogP contribution in [0, 0.1) is 5.82 Å². The lowest BCUT2D eigenvalue weighted by atomic mass is 10.2. The average molecular weight is 444 g/mol. The third-order valence-electron chi connectivity index (χ3n) is 2.93. The molecule has 0 aliphatic rings. The SMILES string of the molecule is O=C(CSc1nnc(-c2ccc(Cl)cc2)o1)Oc1ccc(Br)cc1F. The van der Waals surface area contributed by atoms with Crippen LogP contribution in [0.4, 0.5) is 4.39 Å². The van der Waals surface area contributed by atoms with Gasteiger partial charge in [-0.2, -0.15) is 0 Å². The van der Waals surface area contributed by atoms with Gasteiger partial charge in [-0.05, 0) is 42.5 Å². The first-order valence-electron chi connectivity index (χ1n) is 6.89. The standard InChI is InChI=1S/C16H9BrClFN2O3S/c17-10-3-6-13(12(19)7-10)23-14(22)8-25-16-21-20-15(24-16)9-1-4-11(18)5-2-9/h1-7H,8H2. The van der Waals surface area contributed by atoms with Gasteiger partial charge in [-0.25, -0.2) is 4.39 Å². The molecule has 2 aromatic carbocycles. The highest BCUT2D eigenvalue weighted by Gasteiger charge is 2.14. The molecule has 128 valence electrons. The summed E-state index contributed by atoms with van der Waals surface area (Å²) in [6.45, 7) is 0. The van der Waals surface area contributed by atoms with Crippen molar-refractivity contribution in [2.24, 2.45) is 0 Å². The largest absolute Gasteiger partial charge is 0.423 e. The molecule has 0 N–H and O–H groups in total. The Bertz CT molecular complexity index is 905. The number of aromatic nitrogens is 2. The summed E-state index contributed by atoms with van der Waals surface area (Å²) in [5.41, 5.74) is 0.711. The van der Waals surface area contributed by atoms with Crippen LogP contribution in [0.2, 0.25) is 5.02 Å². The molecule has 3 rings (SSSR count). The molecule has 0 bridgehead atoms. The molecule has 0 spiro atoms. The van der Waals surface area contributed by atoms with Crippen LogP contribution in [-0.4, -0.2) is 21.9 Å². The Hall–Kier alpha value is -1.90. The summed E-state index contributed by atoms with van der Waals surface area (Å²) in [4.78, 5) is 11.8. The minimum atomic E-state index is -0.629. The number of rotatable bonds is 5. The van der Waals surface area contributed by atoms with Crippen molar-refractivity contribution in [3.63, 3.8) is 0 Å². The highest BCUT2D eigenvalue weighted by molar-refractivity contribution is 9.10. The molecule has 25 heavy (non-hydrogen) atoms. The smallest absolute Gasteiger partial charge is 0.321 e. The highest BCUT2D eigenvalue weighted by Crippen LogP contribution is 2.25. The van der Waals surface area contributed by atoms with Crippen molar-refractivity contribution >= 4 is 45.3 Å². The van der Waals surface area contributed by atoms with Gasteiger partial charge in [0.2, 0.25) is 5.89 Å². The number of hydrogen-bond donors (Lipinski definition) is 0. The lowest BCUT2D eigenvalue weighted by Crippen LogP contribution is -2.11. The van der Waals surface area contributed by atoms with Gasteiger partial charge in [0.05, 0.1) is 0 Å². The number of carbonyl (C=O) groups is 1. The first-order valence-corrected chi connectivity index (χ1v) is 9.05. The Morgan fingerprint density at radius 3 is 2.72 bits per heavy atom. The van der Waals surface area contributed by atoms with E-state index in [9.17, 15) is 9.18 Å². The summed E-state index contributed by atoms with van der Waals surface area (Å²) in [6, 6.07) is 11.1. The molecule has 0 aliphatic carbocycles. The van der Waals surface area contributed by atoms with Gasteiger partial charge in [0.25, 0.3) is 5.22 Å². The van der Waals surface area contributed by atoms with Crippen molar-refractivity contribution in [1.29, 1.82) is 0 Å². The zero-order valence-corrected chi connectivity index (χ0v) is 15.6. The molecule has 9 heteroatoms. The van der Waals surface area contributed by atoms with Gasteiger partial charge >= 0.3 is 5.97 Å². The van der Waals surface area contributed by atoms with Crippen molar-refractivity contribution < 1.29 is 18.3 Å². The van der Waals surface area contributed by atoms with E-state index in [-0.39, 0.29) is 16.7 Å². The van der Waals surface area contributed by atoms with Gasteiger partial charge in [-0.1, -0.05) is 39.3 Å². The number of thioether (sulfide) groups is 1. The Kier molecular flexibility index (Phi) is 5.72. The van der Waals surface area contributed by atoms with Gasteiger partial charge in [0, 0.05) is 15.1 Å². The maximum absolute atomic E-state index is 13.6. The molecule has 0 radical (unpaired) electrons. The van der Waals surface area contributed by atoms with E-state index in [1.807, 2.05) is 0 Å². The Labute approximate surface area is 159 Å². The molecular weight excluding hydrogens is 435 g/mol. The maximum atomic E-state index is 13.6. The Morgan fingerprint density at radius 1 is 1.24 bits per heavy atom. The fourth-order valence-electron chi connectivity index (χ4n) is 1.81. The van der Waals surface area contributed by atoms with Crippen molar-refractivity contribution in [1.82, 2.24) is 10.2 Å². The van der Waals surface area contributed by atoms with Crippen molar-refractivity contribution in [2.75, 3.05) is 5.75 Å². The lowest BCUT2D eigenvalue weighted by Gasteiger charge is -2.04. The molecule has 0 unspecified atom stereocenters. The molecule has 5 nitrogen and oxygen atoms in total. The van der Waals surface area contributed by atoms with E-state index in [1.54, 1.807) is 30.3 Å². The fraction of sp³-hybridized carbons (Fsp3) is 0.0625. The van der Waals surface area contributed by atoms with Gasteiger partial charge in [0.15, 0.2) is 11.6 Å². The molecule has 0 saturated heterocycles. The summed E-state index contributed by atoms with van der Waals surface area (Å²) in [6.07, 6.45) is 0. The number of nitrogens with zero attached hydrogens (tertiary/aromatic N) is 2. The monoisotopic (exact) mass is 442 g/mol. The predicted molar refractivity (Wildman–Crippen MR) is 95.2 cm³/mol. The van der Waals surface area contributed by atoms with E-state index in [0.717, 1.165) is 11.8 Å². The van der Waals surface area contributed by atoms with Gasteiger partial charge in [-0.3, -0.25) is 4.79 Å². The van der Waals surface area contributed by atoms with Gasteiger partial charge in [-0.15, -0.1) is 10.2 Å².